The fraction of sp³-hybridized carbons (Fsp3) is 0.125. The van der Waals surface area contributed by atoms with Crippen molar-refractivity contribution in [1.29, 1.82) is 0 Å². The Kier molecular flexibility index (Phi) is 3.13. The summed E-state index contributed by atoms with van der Waals surface area (Å²) in [5.74, 6) is 0.888. The Morgan fingerprint density at radius 1 is 1.11 bits per heavy atom. The van der Waals surface area contributed by atoms with Crippen LogP contribution in [0.4, 0.5) is 5.69 Å². The molecule has 2 aromatic carbocycles. The van der Waals surface area contributed by atoms with E-state index >= 15 is 0 Å². The largest absolute Gasteiger partial charge is 0.489 e. The molecule has 0 atom stereocenters. The minimum absolute atomic E-state index is 0.553. The van der Waals surface area contributed by atoms with E-state index in [9.17, 15) is 0 Å². The van der Waals surface area contributed by atoms with Crippen LogP contribution in [0.2, 0.25) is 0 Å². The zero-order valence-electron chi connectivity index (χ0n) is 10.7. The van der Waals surface area contributed by atoms with E-state index in [1.54, 1.807) is 11.3 Å². The molecule has 3 rings (SSSR count). The van der Waals surface area contributed by atoms with Gasteiger partial charge in [-0.2, -0.15) is 0 Å². The van der Waals surface area contributed by atoms with E-state index in [2.05, 4.69) is 30.5 Å². The first-order valence-corrected chi connectivity index (χ1v) is 7.06. The predicted molar refractivity (Wildman–Crippen MR) is 81.7 cm³/mol. The lowest BCUT2D eigenvalue weighted by atomic mass is 10.1. The molecule has 0 bridgehead atoms. The minimum Gasteiger partial charge on any atom is -0.489 e. The molecule has 0 radical (unpaired) electrons. The van der Waals surface area contributed by atoms with Crippen LogP contribution < -0.4 is 10.5 Å². The molecule has 1 aromatic heterocycles. The van der Waals surface area contributed by atoms with Crippen LogP contribution in [0.15, 0.2) is 47.8 Å². The predicted octanol–water partition coefficient (Wildman–Crippen LogP) is 4.37. The molecule has 2 nitrogen and oxygen atoms in total. The van der Waals surface area contributed by atoms with Gasteiger partial charge in [-0.25, -0.2) is 0 Å². The van der Waals surface area contributed by atoms with E-state index < -0.39 is 0 Å². The van der Waals surface area contributed by atoms with Crippen molar-refractivity contribution in [3.63, 3.8) is 0 Å². The van der Waals surface area contributed by atoms with Crippen molar-refractivity contribution in [2.24, 2.45) is 0 Å². The minimum atomic E-state index is 0.553. The van der Waals surface area contributed by atoms with Gasteiger partial charge >= 0.3 is 0 Å². The van der Waals surface area contributed by atoms with E-state index in [4.69, 9.17) is 10.5 Å². The van der Waals surface area contributed by atoms with E-state index in [1.165, 1.54) is 10.3 Å². The molecule has 19 heavy (non-hydrogen) atoms. The lowest BCUT2D eigenvalue weighted by molar-refractivity contribution is 0.308. The number of nitrogen functional groups attached to an aromatic ring is 1. The molecule has 3 heteroatoms. The van der Waals surface area contributed by atoms with Crippen molar-refractivity contribution >= 4 is 27.1 Å². The molecule has 3 aromatic rings. The first-order chi connectivity index (χ1) is 9.24. The SMILES string of the molecule is Cc1ccc(OCc2csc3cccc(N)c23)cc1. The summed E-state index contributed by atoms with van der Waals surface area (Å²) in [5.41, 5.74) is 9.25. The third-order valence-corrected chi connectivity index (χ3v) is 4.12. The number of thiophene rings is 1. The Labute approximate surface area is 116 Å². The highest BCUT2D eigenvalue weighted by atomic mass is 32.1. The number of benzene rings is 2. The molecule has 2 N–H and O–H groups in total. The van der Waals surface area contributed by atoms with Gasteiger partial charge in [0.15, 0.2) is 0 Å². The first kappa shape index (κ1) is 12.1. The van der Waals surface area contributed by atoms with Crippen LogP contribution in [0.5, 0.6) is 5.75 Å². The fourth-order valence-electron chi connectivity index (χ4n) is 2.09. The second-order valence-electron chi connectivity index (χ2n) is 4.58. The summed E-state index contributed by atoms with van der Waals surface area (Å²) in [6.07, 6.45) is 0. The standard InChI is InChI=1S/C16H15NOS/c1-11-5-7-13(8-6-11)18-9-12-10-19-15-4-2-3-14(17)16(12)15/h2-8,10H,9,17H2,1H3. The number of hydrogen-bond acceptors (Lipinski definition) is 3. The van der Waals surface area contributed by atoms with Crippen molar-refractivity contribution < 1.29 is 4.74 Å². The molecule has 0 saturated heterocycles. The van der Waals surface area contributed by atoms with Gasteiger partial charge < -0.3 is 10.5 Å². The van der Waals surface area contributed by atoms with Gasteiger partial charge in [-0.3, -0.25) is 0 Å². The molecule has 1 heterocycles. The molecule has 0 aliphatic carbocycles. The van der Waals surface area contributed by atoms with E-state index in [0.29, 0.717) is 6.61 Å². The zero-order chi connectivity index (χ0) is 13.2. The fourth-order valence-corrected chi connectivity index (χ4v) is 3.06. The van der Waals surface area contributed by atoms with Crippen molar-refractivity contribution in [3.8, 4) is 5.75 Å². The second kappa shape index (κ2) is 4.94. The number of aryl methyl sites for hydroxylation is 1. The van der Waals surface area contributed by atoms with Gasteiger partial charge in [-0.15, -0.1) is 11.3 Å². The summed E-state index contributed by atoms with van der Waals surface area (Å²) in [6, 6.07) is 14.1. The summed E-state index contributed by atoms with van der Waals surface area (Å²) in [5, 5.41) is 3.24. The van der Waals surface area contributed by atoms with Crippen molar-refractivity contribution in [2.45, 2.75) is 13.5 Å². The lowest BCUT2D eigenvalue weighted by Gasteiger charge is -2.06. The maximum absolute atomic E-state index is 6.04. The molecular formula is C16H15NOS. The number of rotatable bonds is 3. The van der Waals surface area contributed by atoms with Crippen LogP contribution in [0.25, 0.3) is 10.1 Å². The summed E-state index contributed by atoms with van der Waals surface area (Å²) in [6.45, 7) is 2.62. The molecule has 0 unspecified atom stereocenters. The molecule has 0 aliphatic heterocycles. The quantitative estimate of drug-likeness (QED) is 0.716. The van der Waals surface area contributed by atoms with E-state index in [1.807, 2.05) is 24.3 Å². The van der Waals surface area contributed by atoms with Crippen LogP contribution in [0.1, 0.15) is 11.1 Å². The van der Waals surface area contributed by atoms with Gasteiger partial charge in [-0.05, 0) is 36.6 Å². The van der Waals surface area contributed by atoms with Crippen LogP contribution >= 0.6 is 11.3 Å². The average molecular weight is 269 g/mol. The Bertz CT molecular complexity index is 700. The topological polar surface area (TPSA) is 35.2 Å². The van der Waals surface area contributed by atoms with Gasteiger partial charge in [0, 0.05) is 21.3 Å². The van der Waals surface area contributed by atoms with Gasteiger partial charge in [0.25, 0.3) is 0 Å². The summed E-state index contributed by atoms with van der Waals surface area (Å²) in [7, 11) is 0. The van der Waals surface area contributed by atoms with E-state index in [0.717, 1.165) is 22.4 Å². The highest BCUT2D eigenvalue weighted by Gasteiger charge is 2.07. The van der Waals surface area contributed by atoms with Crippen molar-refractivity contribution in [1.82, 2.24) is 0 Å². The van der Waals surface area contributed by atoms with Crippen LogP contribution in [0, 0.1) is 6.92 Å². The highest BCUT2D eigenvalue weighted by Crippen LogP contribution is 2.31. The van der Waals surface area contributed by atoms with Gasteiger partial charge in [0.2, 0.25) is 0 Å². The molecular weight excluding hydrogens is 254 g/mol. The summed E-state index contributed by atoms with van der Waals surface area (Å²) >= 11 is 1.71. The van der Waals surface area contributed by atoms with E-state index in [-0.39, 0.29) is 0 Å². The maximum atomic E-state index is 6.04. The first-order valence-electron chi connectivity index (χ1n) is 6.18. The normalized spacial score (nSPS) is 10.8. The van der Waals surface area contributed by atoms with Crippen LogP contribution in [-0.4, -0.2) is 0 Å². The zero-order valence-corrected chi connectivity index (χ0v) is 11.5. The summed E-state index contributed by atoms with van der Waals surface area (Å²) in [4.78, 5) is 0. The molecule has 0 fully saturated rings. The van der Waals surface area contributed by atoms with Crippen LogP contribution in [-0.2, 0) is 6.61 Å². The molecule has 96 valence electrons. The second-order valence-corrected chi connectivity index (χ2v) is 5.49. The Morgan fingerprint density at radius 3 is 2.68 bits per heavy atom. The van der Waals surface area contributed by atoms with Crippen molar-refractivity contribution in [3.05, 3.63) is 59.0 Å². The van der Waals surface area contributed by atoms with Gasteiger partial charge in [0.05, 0.1) is 0 Å². The Hall–Kier alpha value is -2.00. The van der Waals surface area contributed by atoms with Gasteiger partial charge in [0.1, 0.15) is 12.4 Å². The number of hydrogen-bond donors (Lipinski definition) is 1. The van der Waals surface area contributed by atoms with Crippen molar-refractivity contribution in [2.75, 3.05) is 5.73 Å². The Balaban J connectivity index is 1.84. The van der Waals surface area contributed by atoms with Crippen LogP contribution in [0.3, 0.4) is 0 Å². The average Bonchev–Trinajstić information content (AvgIpc) is 2.83. The smallest absolute Gasteiger partial charge is 0.119 e. The number of ether oxygens (including phenoxy) is 1. The highest BCUT2D eigenvalue weighted by molar-refractivity contribution is 7.17. The number of fused-ring (bicyclic) bond motifs is 1. The number of anilines is 1. The third kappa shape index (κ3) is 2.42. The monoisotopic (exact) mass is 269 g/mol. The third-order valence-electron chi connectivity index (χ3n) is 3.12. The number of nitrogens with two attached hydrogens (primary N) is 1. The molecule has 0 aliphatic rings. The summed E-state index contributed by atoms with van der Waals surface area (Å²) < 4.78 is 7.03. The van der Waals surface area contributed by atoms with Gasteiger partial charge in [-0.1, -0.05) is 23.8 Å². The molecule has 0 saturated carbocycles. The lowest BCUT2D eigenvalue weighted by Crippen LogP contribution is -1.96. The molecule has 0 spiro atoms. The Morgan fingerprint density at radius 2 is 1.89 bits per heavy atom. The maximum Gasteiger partial charge on any atom is 0.119 e. The molecule has 0 amide bonds.